The van der Waals surface area contributed by atoms with Crippen LogP contribution in [0.1, 0.15) is 0 Å². The van der Waals surface area contributed by atoms with Gasteiger partial charge in [-0.1, -0.05) is 11.3 Å². The second-order valence-corrected chi connectivity index (χ2v) is 4.88. The monoisotopic (exact) mass is 275 g/mol. The number of ether oxygens (including phenoxy) is 1. The van der Waals surface area contributed by atoms with Crippen LogP contribution in [0.15, 0.2) is 36.5 Å². The molecule has 2 heterocycles. The van der Waals surface area contributed by atoms with Crippen molar-refractivity contribution in [3.05, 3.63) is 42.3 Å². The third kappa shape index (κ3) is 2.48. The summed E-state index contributed by atoms with van der Waals surface area (Å²) < 4.78 is 19.0. The first-order chi connectivity index (χ1) is 9.24. The Balaban J connectivity index is 1.87. The Labute approximate surface area is 112 Å². The lowest BCUT2D eigenvalue weighted by atomic mass is 10.3. The van der Waals surface area contributed by atoms with Crippen molar-refractivity contribution < 1.29 is 9.13 Å². The maximum Gasteiger partial charge on any atom is 0.213 e. The Bertz CT molecular complexity index is 711. The Morgan fingerprint density at radius 2 is 2.16 bits per heavy atom. The third-order valence-corrected chi connectivity index (χ3v) is 3.50. The Morgan fingerprint density at radius 1 is 1.26 bits per heavy atom. The van der Waals surface area contributed by atoms with Crippen LogP contribution in [0.2, 0.25) is 0 Å². The molecule has 96 valence electrons. The van der Waals surface area contributed by atoms with E-state index in [2.05, 4.69) is 15.3 Å². The summed E-state index contributed by atoms with van der Waals surface area (Å²) in [6.07, 6.45) is 1.66. The first-order valence-electron chi connectivity index (χ1n) is 5.58. The predicted octanol–water partition coefficient (Wildman–Crippen LogP) is 3.58. The highest BCUT2D eigenvalue weighted by Gasteiger charge is 2.05. The number of halogens is 1. The van der Waals surface area contributed by atoms with Crippen molar-refractivity contribution in [3.63, 3.8) is 0 Å². The van der Waals surface area contributed by atoms with E-state index in [9.17, 15) is 4.39 Å². The van der Waals surface area contributed by atoms with Crippen LogP contribution in [0.4, 0.5) is 15.2 Å². The first-order valence-corrected chi connectivity index (χ1v) is 6.39. The number of anilines is 2. The van der Waals surface area contributed by atoms with E-state index in [1.807, 2.05) is 6.07 Å². The standard InChI is InChI=1S/C13H10FN3OS/c1-18-12-5-3-9(7-15-12)16-13-17-10-6-8(14)2-4-11(10)19-13/h2-7H,1H3,(H,16,17). The number of nitrogens with one attached hydrogen (secondary N) is 1. The normalized spacial score (nSPS) is 10.6. The summed E-state index contributed by atoms with van der Waals surface area (Å²) in [4.78, 5) is 8.41. The van der Waals surface area contributed by atoms with Gasteiger partial charge in [0, 0.05) is 12.1 Å². The lowest BCUT2D eigenvalue weighted by Crippen LogP contribution is -1.91. The Morgan fingerprint density at radius 3 is 2.89 bits per heavy atom. The van der Waals surface area contributed by atoms with Crippen molar-refractivity contribution in [3.8, 4) is 5.88 Å². The Kier molecular flexibility index (Phi) is 3.00. The van der Waals surface area contributed by atoms with Crippen molar-refractivity contribution in [2.75, 3.05) is 12.4 Å². The van der Waals surface area contributed by atoms with Crippen LogP contribution >= 0.6 is 11.3 Å². The highest BCUT2D eigenvalue weighted by Crippen LogP contribution is 2.28. The van der Waals surface area contributed by atoms with E-state index in [0.717, 1.165) is 10.4 Å². The van der Waals surface area contributed by atoms with E-state index >= 15 is 0 Å². The number of hydrogen-bond donors (Lipinski definition) is 1. The molecule has 0 saturated heterocycles. The van der Waals surface area contributed by atoms with E-state index in [1.165, 1.54) is 23.5 Å². The van der Waals surface area contributed by atoms with E-state index in [-0.39, 0.29) is 5.82 Å². The summed E-state index contributed by atoms with van der Waals surface area (Å²) >= 11 is 1.46. The van der Waals surface area contributed by atoms with Gasteiger partial charge in [0.1, 0.15) is 5.82 Å². The number of aromatic nitrogens is 2. The van der Waals surface area contributed by atoms with Crippen LogP contribution in [-0.2, 0) is 0 Å². The van der Waals surface area contributed by atoms with E-state index in [0.29, 0.717) is 16.5 Å². The van der Waals surface area contributed by atoms with Crippen LogP contribution in [0.3, 0.4) is 0 Å². The van der Waals surface area contributed by atoms with Gasteiger partial charge in [0.05, 0.1) is 29.2 Å². The smallest absolute Gasteiger partial charge is 0.213 e. The van der Waals surface area contributed by atoms with Crippen LogP contribution < -0.4 is 10.1 Å². The van der Waals surface area contributed by atoms with Gasteiger partial charge < -0.3 is 10.1 Å². The summed E-state index contributed by atoms with van der Waals surface area (Å²) in [7, 11) is 1.57. The summed E-state index contributed by atoms with van der Waals surface area (Å²) in [6, 6.07) is 8.18. The second-order valence-electron chi connectivity index (χ2n) is 3.85. The molecule has 0 atom stereocenters. The maximum atomic E-state index is 13.1. The van der Waals surface area contributed by atoms with Crippen molar-refractivity contribution in [1.29, 1.82) is 0 Å². The van der Waals surface area contributed by atoms with Crippen LogP contribution in [0, 0.1) is 5.82 Å². The average molecular weight is 275 g/mol. The highest BCUT2D eigenvalue weighted by atomic mass is 32.1. The molecule has 4 nitrogen and oxygen atoms in total. The third-order valence-electron chi connectivity index (χ3n) is 2.55. The minimum atomic E-state index is -0.282. The van der Waals surface area contributed by atoms with Crippen molar-refractivity contribution in [2.24, 2.45) is 0 Å². The van der Waals surface area contributed by atoms with Crippen molar-refractivity contribution in [2.45, 2.75) is 0 Å². The first kappa shape index (κ1) is 11.9. The molecule has 0 aliphatic carbocycles. The molecular formula is C13H10FN3OS. The van der Waals surface area contributed by atoms with Gasteiger partial charge in [0.2, 0.25) is 5.88 Å². The van der Waals surface area contributed by atoms with E-state index in [1.54, 1.807) is 25.4 Å². The largest absolute Gasteiger partial charge is 0.481 e. The fourth-order valence-corrected chi connectivity index (χ4v) is 2.52. The molecule has 1 aromatic carbocycles. The van der Waals surface area contributed by atoms with Gasteiger partial charge in [-0.15, -0.1) is 0 Å². The molecule has 1 N–H and O–H groups in total. The van der Waals surface area contributed by atoms with Crippen molar-refractivity contribution >= 4 is 32.4 Å². The predicted molar refractivity (Wildman–Crippen MR) is 73.6 cm³/mol. The van der Waals surface area contributed by atoms with Gasteiger partial charge in [-0.05, 0) is 18.2 Å². The molecule has 0 spiro atoms. The lowest BCUT2D eigenvalue weighted by Gasteiger charge is -2.02. The van der Waals surface area contributed by atoms with Gasteiger partial charge >= 0.3 is 0 Å². The number of rotatable bonds is 3. The zero-order valence-electron chi connectivity index (χ0n) is 10.1. The fraction of sp³-hybridized carbons (Fsp3) is 0.0769. The quantitative estimate of drug-likeness (QED) is 0.793. The van der Waals surface area contributed by atoms with Gasteiger partial charge in [-0.3, -0.25) is 0 Å². The van der Waals surface area contributed by atoms with Gasteiger partial charge in [-0.25, -0.2) is 14.4 Å². The van der Waals surface area contributed by atoms with Crippen LogP contribution in [0.25, 0.3) is 10.2 Å². The molecule has 0 aliphatic rings. The topological polar surface area (TPSA) is 47.0 Å². The van der Waals surface area contributed by atoms with E-state index < -0.39 is 0 Å². The molecule has 3 aromatic rings. The zero-order chi connectivity index (χ0) is 13.2. The van der Waals surface area contributed by atoms with Crippen LogP contribution in [0.5, 0.6) is 5.88 Å². The minimum Gasteiger partial charge on any atom is -0.481 e. The molecule has 3 rings (SSSR count). The fourth-order valence-electron chi connectivity index (χ4n) is 1.65. The zero-order valence-corrected chi connectivity index (χ0v) is 10.9. The number of methoxy groups -OCH3 is 1. The number of nitrogens with zero attached hydrogens (tertiary/aromatic N) is 2. The lowest BCUT2D eigenvalue weighted by molar-refractivity contribution is 0.398. The molecule has 0 aliphatic heterocycles. The number of benzene rings is 1. The number of fused-ring (bicyclic) bond motifs is 1. The highest BCUT2D eigenvalue weighted by molar-refractivity contribution is 7.22. The van der Waals surface area contributed by atoms with E-state index in [4.69, 9.17) is 4.74 Å². The number of pyridine rings is 1. The average Bonchev–Trinajstić information content (AvgIpc) is 2.81. The van der Waals surface area contributed by atoms with Crippen molar-refractivity contribution in [1.82, 2.24) is 9.97 Å². The summed E-state index contributed by atoms with van der Waals surface area (Å²) in [6.45, 7) is 0. The molecule has 0 unspecified atom stereocenters. The molecule has 0 radical (unpaired) electrons. The number of thiazole rings is 1. The molecule has 6 heteroatoms. The van der Waals surface area contributed by atoms with Gasteiger partial charge in [-0.2, -0.15) is 0 Å². The number of hydrogen-bond acceptors (Lipinski definition) is 5. The second kappa shape index (κ2) is 4.81. The summed E-state index contributed by atoms with van der Waals surface area (Å²) in [5, 5.41) is 3.83. The molecular weight excluding hydrogens is 265 g/mol. The Hall–Kier alpha value is -2.21. The molecule has 0 amide bonds. The summed E-state index contributed by atoms with van der Waals surface area (Å²) in [5.74, 6) is 0.271. The minimum absolute atomic E-state index is 0.282. The molecule has 2 aromatic heterocycles. The molecule has 0 fully saturated rings. The van der Waals surface area contributed by atoms with Gasteiger partial charge in [0.15, 0.2) is 5.13 Å². The molecule has 19 heavy (non-hydrogen) atoms. The SMILES string of the molecule is COc1ccc(Nc2nc3cc(F)ccc3s2)cn1. The van der Waals surface area contributed by atoms with Crippen LogP contribution in [-0.4, -0.2) is 17.1 Å². The summed E-state index contributed by atoms with van der Waals surface area (Å²) in [5.41, 5.74) is 1.45. The molecule has 0 bridgehead atoms. The molecule has 0 saturated carbocycles. The van der Waals surface area contributed by atoms with Gasteiger partial charge in [0.25, 0.3) is 0 Å². The maximum absolute atomic E-state index is 13.1.